The van der Waals surface area contributed by atoms with Gasteiger partial charge in [-0.2, -0.15) is 0 Å². The van der Waals surface area contributed by atoms with Crippen LogP contribution in [0.4, 0.5) is 0 Å². The summed E-state index contributed by atoms with van der Waals surface area (Å²) in [6, 6.07) is -0.218. The van der Waals surface area contributed by atoms with Gasteiger partial charge >= 0.3 is 5.97 Å². The predicted molar refractivity (Wildman–Crippen MR) is 74.7 cm³/mol. The highest BCUT2D eigenvalue weighted by Crippen LogP contribution is 2.39. The molecule has 0 aromatic heterocycles. The number of unbranched alkanes of at least 4 members (excludes halogenated alkanes) is 2. The number of fused-ring (bicyclic) bond motifs is 1. The van der Waals surface area contributed by atoms with Crippen LogP contribution in [0.5, 0.6) is 0 Å². The Kier molecular flexibility index (Phi) is 4.52. The van der Waals surface area contributed by atoms with Gasteiger partial charge in [-0.1, -0.05) is 19.8 Å². The molecule has 19 heavy (non-hydrogen) atoms. The van der Waals surface area contributed by atoms with E-state index < -0.39 is 5.97 Å². The quantitative estimate of drug-likeness (QED) is 0.570. The van der Waals surface area contributed by atoms with Crippen LogP contribution < -0.4 is 5.32 Å². The van der Waals surface area contributed by atoms with Crippen LogP contribution in [-0.4, -0.2) is 45.6 Å². The van der Waals surface area contributed by atoms with E-state index in [1.54, 1.807) is 18.7 Å². The summed E-state index contributed by atoms with van der Waals surface area (Å²) in [5.74, 6) is -0.422. The first kappa shape index (κ1) is 14.4. The lowest BCUT2D eigenvalue weighted by Crippen LogP contribution is -2.69. The summed E-state index contributed by atoms with van der Waals surface area (Å²) in [5, 5.41) is 12.4. The van der Waals surface area contributed by atoms with Crippen molar-refractivity contribution in [3.63, 3.8) is 0 Å². The minimum atomic E-state index is -0.999. The molecular weight excluding hydrogens is 264 g/mol. The van der Waals surface area contributed by atoms with Crippen LogP contribution in [0.1, 0.15) is 33.1 Å². The molecule has 106 valence electrons. The third-order valence-electron chi connectivity index (χ3n) is 3.51. The highest BCUT2D eigenvalue weighted by molar-refractivity contribution is 8.00. The first-order valence-electron chi connectivity index (χ1n) is 6.69. The topological polar surface area (TPSA) is 69.6 Å². The third kappa shape index (κ3) is 2.65. The molecule has 0 aromatic carbocycles. The van der Waals surface area contributed by atoms with E-state index in [1.807, 2.05) is 0 Å². The first-order valence-corrected chi connectivity index (χ1v) is 7.74. The number of nitrogens with one attached hydrogen (secondary N) is 1. The summed E-state index contributed by atoms with van der Waals surface area (Å²) in [6.07, 6.45) is 3.35. The normalized spacial score (nSPS) is 26.2. The molecule has 0 radical (unpaired) electrons. The van der Waals surface area contributed by atoms with Gasteiger partial charge in [0.05, 0.1) is 0 Å². The Morgan fingerprint density at radius 2 is 2.26 bits per heavy atom. The van der Waals surface area contributed by atoms with E-state index >= 15 is 0 Å². The van der Waals surface area contributed by atoms with E-state index in [0.29, 0.717) is 5.75 Å². The highest BCUT2D eigenvalue weighted by Gasteiger charge is 2.52. The molecule has 1 fully saturated rings. The number of carboxylic acids is 1. The Balaban J connectivity index is 1.97. The maximum atomic E-state index is 12.1. The molecule has 1 saturated heterocycles. The van der Waals surface area contributed by atoms with Crippen LogP contribution in [0, 0.1) is 0 Å². The maximum Gasteiger partial charge on any atom is 0.352 e. The van der Waals surface area contributed by atoms with E-state index in [1.165, 1.54) is 4.90 Å². The molecule has 6 heteroatoms. The number of aliphatic carboxylic acids is 1. The van der Waals surface area contributed by atoms with Crippen molar-refractivity contribution >= 4 is 23.6 Å². The number of carbonyl (C=O) groups excluding carboxylic acids is 1. The molecule has 2 aliphatic rings. The molecule has 0 unspecified atom stereocenters. The average molecular weight is 284 g/mol. The second kappa shape index (κ2) is 5.96. The summed E-state index contributed by atoms with van der Waals surface area (Å²) in [6.45, 7) is 4.74. The standard InChI is InChI=1S/C13H20N2O3S/c1-3-4-5-6-14-9-11(16)15-10(13(17)18)8(2)7-19-12(9)15/h9,12,14H,3-7H2,1-2H3,(H,17,18)/t9-,12-/m0/s1. The second-order valence-electron chi connectivity index (χ2n) is 4.98. The van der Waals surface area contributed by atoms with Crippen LogP contribution >= 0.6 is 11.8 Å². The minimum Gasteiger partial charge on any atom is -0.477 e. The van der Waals surface area contributed by atoms with Gasteiger partial charge in [0.25, 0.3) is 0 Å². The van der Waals surface area contributed by atoms with Crippen molar-refractivity contribution in [2.24, 2.45) is 0 Å². The smallest absolute Gasteiger partial charge is 0.352 e. The number of nitrogens with zero attached hydrogens (tertiary/aromatic N) is 1. The fourth-order valence-corrected chi connectivity index (χ4v) is 3.78. The Morgan fingerprint density at radius 3 is 2.89 bits per heavy atom. The minimum absolute atomic E-state index is 0.0519. The lowest BCUT2D eigenvalue weighted by Gasteiger charge is -2.49. The van der Waals surface area contributed by atoms with Crippen molar-refractivity contribution in [2.75, 3.05) is 12.3 Å². The lowest BCUT2D eigenvalue weighted by atomic mass is 10.0. The summed E-state index contributed by atoms with van der Waals surface area (Å²) >= 11 is 1.64. The van der Waals surface area contributed by atoms with Gasteiger partial charge in [-0.15, -0.1) is 11.8 Å². The first-order chi connectivity index (χ1) is 9.07. The fraction of sp³-hybridized carbons (Fsp3) is 0.692. The molecule has 2 heterocycles. The van der Waals surface area contributed by atoms with Crippen molar-refractivity contribution in [2.45, 2.75) is 44.5 Å². The summed E-state index contributed by atoms with van der Waals surface area (Å²) < 4.78 is 0. The molecule has 2 rings (SSSR count). The van der Waals surface area contributed by atoms with E-state index in [9.17, 15) is 14.7 Å². The number of hydrogen-bond donors (Lipinski definition) is 2. The molecular formula is C13H20N2O3S. The molecule has 0 aliphatic carbocycles. The monoisotopic (exact) mass is 284 g/mol. The van der Waals surface area contributed by atoms with Gasteiger partial charge in [-0.3, -0.25) is 9.69 Å². The highest BCUT2D eigenvalue weighted by atomic mass is 32.2. The van der Waals surface area contributed by atoms with Crippen LogP contribution in [-0.2, 0) is 9.59 Å². The zero-order valence-corrected chi connectivity index (χ0v) is 12.1. The van der Waals surface area contributed by atoms with Crippen LogP contribution in [0.3, 0.4) is 0 Å². The van der Waals surface area contributed by atoms with Crippen LogP contribution in [0.2, 0.25) is 0 Å². The summed E-state index contributed by atoms with van der Waals surface area (Å²) in [4.78, 5) is 24.7. The zero-order valence-electron chi connectivity index (χ0n) is 11.3. The predicted octanol–water partition coefficient (Wildman–Crippen LogP) is 1.41. The number of thioether (sulfide) groups is 1. The molecule has 0 spiro atoms. The molecule has 1 amide bonds. The lowest BCUT2D eigenvalue weighted by molar-refractivity contribution is -0.149. The molecule has 2 N–H and O–H groups in total. The van der Waals surface area contributed by atoms with Crippen molar-refractivity contribution in [1.82, 2.24) is 10.2 Å². The van der Waals surface area contributed by atoms with E-state index in [-0.39, 0.29) is 23.0 Å². The van der Waals surface area contributed by atoms with Gasteiger partial charge in [-0.05, 0) is 25.5 Å². The number of rotatable bonds is 6. The number of hydrogen-bond acceptors (Lipinski definition) is 4. The van der Waals surface area contributed by atoms with E-state index in [0.717, 1.165) is 31.4 Å². The SMILES string of the molecule is CCCCCN[C@H]1C(=O)N2C(C(=O)O)=C(C)CS[C@@H]12. The van der Waals surface area contributed by atoms with Crippen molar-refractivity contribution in [1.29, 1.82) is 0 Å². The molecule has 5 nitrogen and oxygen atoms in total. The molecule has 2 atom stereocenters. The third-order valence-corrected chi connectivity index (χ3v) is 4.93. The van der Waals surface area contributed by atoms with E-state index in [4.69, 9.17) is 0 Å². The number of carbonyl (C=O) groups is 2. The number of β-lactam (4-membered cyclic amide) rings is 1. The Labute approximate surface area is 117 Å². The van der Waals surface area contributed by atoms with Gasteiger partial charge in [0.2, 0.25) is 5.91 Å². The fourth-order valence-electron chi connectivity index (χ4n) is 2.46. The summed E-state index contributed by atoms with van der Waals surface area (Å²) in [5.41, 5.74) is 0.951. The Bertz CT molecular complexity index is 422. The van der Waals surface area contributed by atoms with Crippen LogP contribution in [0.25, 0.3) is 0 Å². The van der Waals surface area contributed by atoms with E-state index in [2.05, 4.69) is 12.2 Å². The Hall–Kier alpha value is -1.01. The number of carboxylic acid groups (broad SMARTS) is 1. The van der Waals surface area contributed by atoms with Gasteiger partial charge < -0.3 is 10.4 Å². The number of amides is 1. The van der Waals surface area contributed by atoms with Crippen molar-refractivity contribution in [3.05, 3.63) is 11.3 Å². The summed E-state index contributed by atoms with van der Waals surface area (Å²) in [7, 11) is 0. The van der Waals surface area contributed by atoms with Gasteiger partial charge in [0.1, 0.15) is 17.1 Å². The molecule has 0 saturated carbocycles. The van der Waals surface area contributed by atoms with Gasteiger partial charge in [0.15, 0.2) is 0 Å². The Morgan fingerprint density at radius 1 is 1.53 bits per heavy atom. The zero-order chi connectivity index (χ0) is 14.0. The molecule has 0 aromatic rings. The van der Waals surface area contributed by atoms with Crippen LogP contribution in [0.15, 0.2) is 11.3 Å². The van der Waals surface area contributed by atoms with Gasteiger partial charge in [-0.25, -0.2) is 4.79 Å². The van der Waals surface area contributed by atoms with Crippen molar-refractivity contribution in [3.8, 4) is 0 Å². The van der Waals surface area contributed by atoms with Crippen molar-refractivity contribution < 1.29 is 14.7 Å². The average Bonchev–Trinajstić information content (AvgIpc) is 2.38. The molecule has 2 aliphatic heterocycles. The maximum absolute atomic E-state index is 12.1. The largest absolute Gasteiger partial charge is 0.477 e. The molecule has 0 bridgehead atoms. The second-order valence-corrected chi connectivity index (χ2v) is 6.09. The van der Waals surface area contributed by atoms with Gasteiger partial charge in [0, 0.05) is 5.75 Å².